The molecule has 1 aliphatic carbocycles. The van der Waals surface area contributed by atoms with Crippen LogP contribution in [0.2, 0.25) is 0 Å². The van der Waals surface area contributed by atoms with Gasteiger partial charge in [0.15, 0.2) is 5.82 Å². The molecule has 1 saturated carbocycles. The number of hydrogen-bond acceptors (Lipinski definition) is 6. The Kier molecular flexibility index (Phi) is 4.20. The van der Waals surface area contributed by atoms with Crippen LogP contribution < -0.4 is 10.5 Å². The fourth-order valence-electron chi connectivity index (χ4n) is 3.26. The normalized spacial score (nSPS) is 15.5. The number of aryl methyl sites for hydroxylation is 2. The van der Waals surface area contributed by atoms with Crippen molar-refractivity contribution in [2.75, 3.05) is 0 Å². The summed E-state index contributed by atoms with van der Waals surface area (Å²) < 4.78 is 11.5. The summed E-state index contributed by atoms with van der Waals surface area (Å²) >= 11 is 0. The third kappa shape index (κ3) is 3.08. The summed E-state index contributed by atoms with van der Waals surface area (Å²) in [6.45, 7) is 4.51. The minimum atomic E-state index is -0.418. The number of ether oxygens (including phenoxy) is 1. The van der Waals surface area contributed by atoms with Gasteiger partial charge in [-0.15, -0.1) is 0 Å². The molecule has 6 heteroatoms. The number of benzene rings is 1. The Balaban J connectivity index is 1.56. The Hall–Kier alpha value is -2.73. The van der Waals surface area contributed by atoms with Crippen LogP contribution in [0.15, 0.2) is 41.2 Å². The number of hydrogen-bond donors (Lipinski definition) is 1. The van der Waals surface area contributed by atoms with Crippen molar-refractivity contribution in [2.24, 2.45) is 5.73 Å². The van der Waals surface area contributed by atoms with Crippen molar-refractivity contribution in [3.63, 3.8) is 0 Å². The van der Waals surface area contributed by atoms with Crippen molar-refractivity contribution in [1.82, 2.24) is 15.1 Å². The van der Waals surface area contributed by atoms with Gasteiger partial charge < -0.3 is 15.0 Å². The lowest BCUT2D eigenvalue weighted by Gasteiger charge is -2.34. The second-order valence-corrected chi connectivity index (χ2v) is 7.02. The van der Waals surface area contributed by atoms with Gasteiger partial charge in [-0.05, 0) is 62.4 Å². The van der Waals surface area contributed by atoms with E-state index in [-0.39, 0.29) is 0 Å². The minimum Gasteiger partial charge on any atom is -0.488 e. The maximum absolute atomic E-state index is 6.28. The van der Waals surface area contributed by atoms with E-state index in [1.165, 1.54) is 0 Å². The van der Waals surface area contributed by atoms with Crippen molar-refractivity contribution < 1.29 is 9.26 Å². The number of nitrogens with zero attached hydrogens (tertiary/aromatic N) is 3. The van der Waals surface area contributed by atoms with E-state index in [0.29, 0.717) is 18.3 Å². The molecule has 0 saturated heterocycles. The van der Waals surface area contributed by atoms with Crippen LogP contribution >= 0.6 is 0 Å². The molecule has 1 aromatic carbocycles. The maximum atomic E-state index is 6.28. The summed E-state index contributed by atoms with van der Waals surface area (Å²) in [7, 11) is 0. The van der Waals surface area contributed by atoms with E-state index in [0.717, 1.165) is 47.3 Å². The second-order valence-electron chi connectivity index (χ2n) is 7.02. The zero-order chi connectivity index (χ0) is 18.1. The minimum absolute atomic E-state index is 0.418. The molecule has 26 heavy (non-hydrogen) atoms. The highest BCUT2D eigenvalue weighted by Gasteiger charge is 2.39. The SMILES string of the molecule is Cc1cc(-c2nc(C3(N)CCC3)no2)cc(C)c1OCc1cccnc1. The molecule has 2 aromatic heterocycles. The molecule has 0 atom stereocenters. The standard InChI is InChI=1S/C20H22N4O2/c1-13-9-16(18-23-19(24-26-18)20(21)6-4-7-20)10-14(2)17(13)25-12-15-5-3-8-22-11-15/h3,5,8-11H,4,6-7,12,21H2,1-2H3. The van der Waals surface area contributed by atoms with Gasteiger partial charge in [-0.25, -0.2) is 0 Å². The first-order valence-corrected chi connectivity index (χ1v) is 8.81. The van der Waals surface area contributed by atoms with Gasteiger partial charge in [0.1, 0.15) is 12.4 Å². The average Bonchev–Trinajstić information content (AvgIpc) is 3.10. The molecule has 0 aliphatic heterocycles. The van der Waals surface area contributed by atoms with E-state index in [4.69, 9.17) is 15.0 Å². The van der Waals surface area contributed by atoms with Crippen molar-refractivity contribution in [1.29, 1.82) is 0 Å². The van der Waals surface area contributed by atoms with Gasteiger partial charge in [0.05, 0.1) is 5.54 Å². The van der Waals surface area contributed by atoms with E-state index in [2.05, 4.69) is 15.1 Å². The average molecular weight is 350 g/mol. The highest BCUT2D eigenvalue weighted by atomic mass is 16.5. The van der Waals surface area contributed by atoms with E-state index < -0.39 is 5.54 Å². The lowest BCUT2D eigenvalue weighted by Crippen LogP contribution is -2.44. The second kappa shape index (κ2) is 6.53. The Bertz CT molecular complexity index is 894. The molecular formula is C20H22N4O2. The van der Waals surface area contributed by atoms with Crippen LogP contribution in [0.3, 0.4) is 0 Å². The fraction of sp³-hybridized carbons (Fsp3) is 0.350. The Morgan fingerprint density at radius 3 is 2.62 bits per heavy atom. The smallest absolute Gasteiger partial charge is 0.258 e. The van der Waals surface area contributed by atoms with Crippen LogP contribution in [0.1, 0.15) is 41.8 Å². The third-order valence-electron chi connectivity index (χ3n) is 4.93. The van der Waals surface area contributed by atoms with E-state index in [9.17, 15) is 0 Å². The summed E-state index contributed by atoms with van der Waals surface area (Å²) in [6, 6.07) is 7.91. The van der Waals surface area contributed by atoms with E-state index in [1.54, 1.807) is 6.20 Å². The van der Waals surface area contributed by atoms with Crippen molar-refractivity contribution in [2.45, 2.75) is 45.3 Å². The molecule has 0 amide bonds. The first-order chi connectivity index (χ1) is 12.5. The molecule has 3 aromatic rings. The van der Waals surface area contributed by atoms with Gasteiger partial charge >= 0.3 is 0 Å². The highest BCUT2D eigenvalue weighted by Crippen LogP contribution is 2.38. The van der Waals surface area contributed by atoms with Crippen LogP contribution in [0.5, 0.6) is 5.75 Å². The van der Waals surface area contributed by atoms with Gasteiger partial charge in [0.25, 0.3) is 5.89 Å². The summed E-state index contributed by atoms with van der Waals surface area (Å²) in [6.07, 6.45) is 6.49. The zero-order valence-corrected chi connectivity index (χ0v) is 15.0. The first-order valence-electron chi connectivity index (χ1n) is 8.81. The molecule has 134 valence electrons. The number of rotatable bonds is 5. The molecule has 2 N–H and O–H groups in total. The summed E-state index contributed by atoms with van der Waals surface area (Å²) in [5.74, 6) is 1.97. The van der Waals surface area contributed by atoms with Gasteiger partial charge in [-0.2, -0.15) is 4.98 Å². The monoisotopic (exact) mass is 350 g/mol. The van der Waals surface area contributed by atoms with Gasteiger partial charge in [0.2, 0.25) is 0 Å². The molecule has 6 nitrogen and oxygen atoms in total. The molecule has 1 aliphatic rings. The largest absolute Gasteiger partial charge is 0.488 e. The predicted octanol–water partition coefficient (Wildman–Crippen LogP) is 3.67. The number of aromatic nitrogens is 3. The predicted molar refractivity (Wildman–Crippen MR) is 97.5 cm³/mol. The molecule has 0 spiro atoms. The molecular weight excluding hydrogens is 328 g/mol. The van der Waals surface area contributed by atoms with Gasteiger partial charge in [0, 0.05) is 23.5 Å². The first kappa shape index (κ1) is 16.7. The summed E-state index contributed by atoms with van der Waals surface area (Å²) in [5.41, 5.74) is 9.83. The summed E-state index contributed by atoms with van der Waals surface area (Å²) in [4.78, 5) is 8.64. The zero-order valence-electron chi connectivity index (χ0n) is 15.0. The Morgan fingerprint density at radius 1 is 1.23 bits per heavy atom. The molecule has 0 unspecified atom stereocenters. The Morgan fingerprint density at radius 2 is 2.00 bits per heavy atom. The van der Waals surface area contributed by atoms with Crippen LogP contribution in [-0.2, 0) is 12.1 Å². The maximum Gasteiger partial charge on any atom is 0.258 e. The molecule has 1 fully saturated rings. The number of nitrogens with two attached hydrogens (primary N) is 1. The van der Waals surface area contributed by atoms with Crippen molar-refractivity contribution >= 4 is 0 Å². The van der Waals surface area contributed by atoms with Crippen molar-refractivity contribution in [3.05, 3.63) is 59.2 Å². The molecule has 4 rings (SSSR count). The molecule has 0 radical (unpaired) electrons. The van der Waals surface area contributed by atoms with E-state index >= 15 is 0 Å². The van der Waals surface area contributed by atoms with Crippen LogP contribution in [-0.4, -0.2) is 15.1 Å². The van der Waals surface area contributed by atoms with Crippen LogP contribution in [0, 0.1) is 13.8 Å². The third-order valence-corrected chi connectivity index (χ3v) is 4.93. The van der Waals surface area contributed by atoms with Crippen LogP contribution in [0.4, 0.5) is 0 Å². The summed E-state index contributed by atoms with van der Waals surface area (Å²) in [5, 5.41) is 4.09. The lowest BCUT2D eigenvalue weighted by atomic mass is 9.77. The fourth-order valence-corrected chi connectivity index (χ4v) is 3.26. The van der Waals surface area contributed by atoms with Crippen molar-refractivity contribution in [3.8, 4) is 17.2 Å². The quantitative estimate of drug-likeness (QED) is 0.755. The van der Waals surface area contributed by atoms with E-state index in [1.807, 2.05) is 44.3 Å². The van der Waals surface area contributed by atoms with Crippen LogP contribution in [0.25, 0.3) is 11.5 Å². The van der Waals surface area contributed by atoms with Gasteiger partial charge in [-0.3, -0.25) is 4.98 Å². The molecule has 2 heterocycles. The number of pyridine rings is 1. The highest BCUT2D eigenvalue weighted by molar-refractivity contribution is 5.60. The molecule has 0 bridgehead atoms. The lowest BCUT2D eigenvalue weighted by molar-refractivity contribution is 0.229. The Labute approximate surface area is 152 Å². The topological polar surface area (TPSA) is 87.1 Å². The van der Waals surface area contributed by atoms with Gasteiger partial charge in [-0.1, -0.05) is 11.2 Å².